The molecule has 1 fully saturated rings. The Morgan fingerprint density at radius 1 is 1.38 bits per heavy atom. The van der Waals surface area contributed by atoms with Gasteiger partial charge in [0.1, 0.15) is 6.29 Å². The zero-order chi connectivity index (χ0) is 11.6. The molecule has 0 N–H and O–H groups in total. The quantitative estimate of drug-likeness (QED) is 0.710. The second kappa shape index (κ2) is 4.38. The lowest BCUT2D eigenvalue weighted by molar-refractivity contribution is 0.0618. The van der Waals surface area contributed by atoms with E-state index in [0.717, 1.165) is 36.9 Å². The fourth-order valence-electron chi connectivity index (χ4n) is 2.05. The van der Waals surface area contributed by atoms with Crippen LogP contribution in [0.4, 0.5) is 0 Å². The number of benzene rings is 1. The summed E-state index contributed by atoms with van der Waals surface area (Å²) in [6.07, 6.45) is 3.46. The van der Waals surface area contributed by atoms with Crippen molar-refractivity contribution in [2.45, 2.75) is 38.2 Å². The Morgan fingerprint density at radius 2 is 2.06 bits per heavy atom. The van der Waals surface area contributed by atoms with Gasteiger partial charge in [-0.1, -0.05) is 24.3 Å². The molecule has 86 valence electrons. The fourth-order valence-corrected chi connectivity index (χ4v) is 2.05. The molecule has 1 aromatic rings. The zero-order valence-electron chi connectivity index (χ0n) is 9.90. The number of carbonyl (C=O) groups excluding carboxylic acids is 1. The van der Waals surface area contributed by atoms with Gasteiger partial charge in [-0.3, -0.25) is 4.79 Å². The first-order valence-corrected chi connectivity index (χ1v) is 5.84. The van der Waals surface area contributed by atoms with Gasteiger partial charge in [0.15, 0.2) is 0 Å². The summed E-state index contributed by atoms with van der Waals surface area (Å²) in [7, 11) is 0. The predicted octanol–water partition coefficient (Wildman–Crippen LogP) is 2.96. The van der Waals surface area contributed by atoms with Crippen molar-refractivity contribution in [1.82, 2.24) is 0 Å². The molecular weight excluding hydrogens is 200 g/mol. The molecular formula is C14H18O2. The van der Waals surface area contributed by atoms with Crippen molar-refractivity contribution in [1.29, 1.82) is 0 Å². The molecule has 0 amide bonds. The Labute approximate surface area is 96.6 Å². The third-order valence-corrected chi connectivity index (χ3v) is 3.21. The van der Waals surface area contributed by atoms with E-state index >= 15 is 0 Å². The standard InChI is InChI=1S/C14H18O2/c1-11(2)16-10-14(7-8-14)13-6-4-3-5-12(13)9-15/h3-6,9,11H,7-8,10H2,1-2H3. The average Bonchev–Trinajstić information content (AvgIpc) is 3.07. The molecule has 1 saturated carbocycles. The van der Waals surface area contributed by atoms with Crippen LogP contribution in [-0.2, 0) is 10.2 Å². The van der Waals surface area contributed by atoms with Gasteiger partial charge in [-0.2, -0.15) is 0 Å². The number of hydrogen-bond acceptors (Lipinski definition) is 2. The summed E-state index contributed by atoms with van der Waals surface area (Å²) in [5.74, 6) is 0. The molecule has 1 aliphatic carbocycles. The molecule has 1 aromatic carbocycles. The van der Waals surface area contributed by atoms with Crippen molar-refractivity contribution in [3.63, 3.8) is 0 Å². The molecule has 0 atom stereocenters. The van der Waals surface area contributed by atoms with E-state index in [9.17, 15) is 4.79 Å². The minimum atomic E-state index is 0.113. The highest BCUT2D eigenvalue weighted by Crippen LogP contribution is 2.49. The molecule has 0 spiro atoms. The van der Waals surface area contributed by atoms with E-state index in [2.05, 4.69) is 6.07 Å². The summed E-state index contributed by atoms with van der Waals surface area (Å²) < 4.78 is 5.71. The molecule has 16 heavy (non-hydrogen) atoms. The van der Waals surface area contributed by atoms with Gasteiger partial charge in [-0.15, -0.1) is 0 Å². The maximum absolute atomic E-state index is 11.0. The lowest BCUT2D eigenvalue weighted by Gasteiger charge is -2.19. The van der Waals surface area contributed by atoms with Gasteiger partial charge in [0.2, 0.25) is 0 Å². The van der Waals surface area contributed by atoms with Crippen LogP contribution in [0.1, 0.15) is 42.6 Å². The van der Waals surface area contributed by atoms with Crippen LogP contribution in [0.3, 0.4) is 0 Å². The lowest BCUT2D eigenvalue weighted by atomic mass is 9.92. The van der Waals surface area contributed by atoms with Crippen LogP contribution in [0.5, 0.6) is 0 Å². The second-order valence-corrected chi connectivity index (χ2v) is 4.85. The van der Waals surface area contributed by atoms with Gasteiger partial charge in [-0.05, 0) is 32.3 Å². The van der Waals surface area contributed by atoms with E-state index in [-0.39, 0.29) is 11.5 Å². The summed E-state index contributed by atoms with van der Waals surface area (Å²) in [6, 6.07) is 7.85. The number of rotatable bonds is 5. The average molecular weight is 218 g/mol. The van der Waals surface area contributed by atoms with E-state index in [4.69, 9.17) is 4.74 Å². The van der Waals surface area contributed by atoms with Crippen LogP contribution < -0.4 is 0 Å². The molecule has 0 saturated heterocycles. The Balaban J connectivity index is 2.19. The summed E-state index contributed by atoms with van der Waals surface area (Å²) >= 11 is 0. The molecule has 2 rings (SSSR count). The first-order chi connectivity index (χ1) is 7.68. The normalized spacial score (nSPS) is 17.4. The number of hydrogen-bond donors (Lipinski definition) is 0. The SMILES string of the molecule is CC(C)OCC1(c2ccccc2C=O)CC1. The van der Waals surface area contributed by atoms with E-state index in [1.54, 1.807) is 0 Å². The third-order valence-electron chi connectivity index (χ3n) is 3.21. The van der Waals surface area contributed by atoms with Crippen LogP contribution in [0.2, 0.25) is 0 Å². The van der Waals surface area contributed by atoms with Crippen LogP contribution in [-0.4, -0.2) is 19.0 Å². The molecule has 0 heterocycles. The molecule has 0 aliphatic heterocycles. The van der Waals surface area contributed by atoms with Gasteiger partial charge in [0.25, 0.3) is 0 Å². The summed E-state index contributed by atoms with van der Waals surface area (Å²) in [6.45, 7) is 4.82. The second-order valence-electron chi connectivity index (χ2n) is 4.85. The fraction of sp³-hybridized carbons (Fsp3) is 0.500. The molecule has 2 nitrogen and oxygen atoms in total. The van der Waals surface area contributed by atoms with Crippen molar-refractivity contribution in [2.24, 2.45) is 0 Å². The number of carbonyl (C=O) groups is 1. The Bertz CT molecular complexity index is 378. The van der Waals surface area contributed by atoms with Crippen LogP contribution in [0.25, 0.3) is 0 Å². The lowest BCUT2D eigenvalue weighted by Crippen LogP contribution is -2.20. The van der Waals surface area contributed by atoms with Crippen molar-refractivity contribution < 1.29 is 9.53 Å². The first kappa shape index (κ1) is 11.3. The molecule has 2 heteroatoms. The minimum absolute atomic E-state index is 0.113. The molecule has 0 aromatic heterocycles. The summed E-state index contributed by atoms with van der Waals surface area (Å²) in [4.78, 5) is 11.0. The molecule has 0 unspecified atom stereocenters. The van der Waals surface area contributed by atoms with Gasteiger partial charge < -0.3 is 4.74 Å². The highest BCUT2D eigenvalue weighted by Gasteiger charge is 2.45. The van der Waals surface area contributed by atoms with Crippen molar-refractivity contribution in [2.75, 3.05) is 6.61 Å². The highest BCUT2D eigenvalue weighted by atomic mass is 16.5. The van der Waals surface area contributed by atoms with Crippen LogP contribution in [0.15, 0.2) is 24.3 Å². The maximum atomic E-state index is 11.0. The summed E-state index contributed by atoms with van der Waals surface area (Å²) in [5.41, 5.74) is 2.08. The highest BCUT2D eigenvalue weighted by molar-refractivity contribution is 5.78. The van der Waals surface area contributed by atoms with Gasteiger partial charge in [0.05, 0.1) is 12.7 Å². The predicted molar refractivity (Wildman–Crippen MR) is 63.8 cm³/mol. The first-order valence-electron chi connectivity index (χ1n) is 5.84. The molecule has 0 radical (unpaired) electrons. The largest absolute Gasteiger partial charge is 0.378 e. The monoisotopic (exact) mass is 218 g/mol. The van der Waals surface area contributed by atoms with Crippen molar-refractivity contribution >= 4 is 6.29 Å². The molecule has 0 bridgehead atoms. The van der Waals surface area contributed by atoms with Crippen LogP contribution >= 0.6 is 0 Å². The van der Waals surface area contributed by atoms with Crippen molar-refractivity contribution in [3.8, 4) is 0 Å². The smallest absolute Gasteiger partial charge is 0.150 e. The van der Waals surface area contributed by atoms with E-state index in [1.807, 2.05) is 32.0 Å². The van der Waals surface area contributed by atoms with Crippen LogP contribution in [0, 0.1) is 0 Å². The van der Waals surface area contributed by atoms with Gasteiger partial charge >= 0.3 is 0 Å². The number of ether oxygens (including phenoxy) is 1. The Hall–Kier alpha value is -1.15. The van der Waals surface area contributed by atoms with E-state index < -0.39 is 0 Å². The van der Waals surface area contributed by atoms with E-state index in [0.29, 0.717) is 0 Å². The number of aldehydes is 1. The Kier molecular flexibility index (Phi) is 3.10. The molecule has 1 aliphatic rings. The maximum Gasteiger partial charge on any atom is 0.150 e. The minimum Gasteiger partial charge on any atom is -0.378 e. The van der Waals surface area contributed by atoms with Crippen molar-refractivity contribution in [3.05, 3.63) is 35.4 Å². The van der Waals surface area contributed by atoms with Gasteiger partial charge in [0, 0.05) is 11.0 Å². The van der Waals surface area contributed by atoms with Gasteiger partial charge in [-0.25, -0.2) is 0 Å². The third kappa shape index (κ3) is 2.17. The zero-order valence-corrected chi connectivity index (χ0v) is 9.90. The topological polar surface area (TPSA) is 26.3 Å². The Morgan fingerprint density at radius 3 is 2.62 bits per heavy atom. The summed E-state index contributed by atoms with van der Waals surface area (Å²) in [5, 5.41) is 0. The van der Waals surface area contributed by atoms with E-state index in [1.165, 1.54) is 0 Å².